The molecule has 0 fully saturated rings. The maximum absolute atomic E-state index is 8.89. The van der Waals surface area contributed by atoms with Gasteiger partial charge >= 0.3 is 0 Å². The van der Waals surface area contributed by atoms with Crippen molar-refractivity contribution in [1.82, 2.24) is 0 Å². The summed E-state index contributed by atoms with van der Waals surface area (Å²) < 4.78 is 0. The standard InChI is InChI=1S/C10H22S.C2H4O2/c1-2-3-4-5-6-7-8-9-10-11;1-2(3)4/h11H,2-10H2,1H3;1H3,(H,3,4)/p-1. The predicted molar refractivity (Wildman–Crippen MR) is 67.1 cm³/mol. The quantitative estimate of drug-likeness (QED) is 0.517. The maximum atomic E-state index is 8.89. The second kappa shape index (κ2) is 16.3. The lowest BCUT2D eigenvalue weighted by Gasteiger charge is -1.98. The maximum Gasteiger partial charge on any atom is 0.0383 e. The summed E-state index contributed by atoms with van der Waals surface area (Å²) in [7, 11) is 0. The second-order valence-corrected chi connectivity index (χ2v) is 4.14. The average Bonchev–Trinajstić information content (AvgIpc) is 2.16. The third-order valence-electron chi connectivity index (χ3n) is 2.01. The molecule has 0 rings (SSSR count). The van der Waals surface area contributed by atoms with Crippen LogP contribution in [0.25, 0.3) is 0 Å². The summed E-state index contributed by atoms with van der Waals surface area (Å²) in [5.41, 5.74) is 0. The van der Waals surface area contributed by atoms with Crippen LogP contribution >= 0.6 is 12.6 Å². The van der Waals surface area contributed by atoms with Crippen LogP contribution in [0, 0.1) is 0 Å². The molecule has 92 valence electrons. The molecule has 0 aliphatic carbocycles. The molecule has 0 aliphatic rings. The van der Waals surface area contributed by atoms with Gasteiger partial charge in [-0.25, -0.2) is 0 Å². The van der Waals surface area contributed by atoms with Crippen LogP contribution in [0.1, 0.15) is 65.2 Å². The Labute approximate surface area is 99.9 Å². The number of carbonyl (C=O) groups excluding carboxylic acids is 1. The molecule has 0 aliphatic heterocycles. The van der Waals surface area contributed by atoms with Gasteiger partial charge in [-0.05, 0) is 19.1 Å². The zero-order valence-electron chi connectivity index (χ0n) is 10.1. The highest BCUT2D eigenvalue weighted by Crippen LogP contribution is 2.08. The van der Waals surface area contributed by atoms with Gasteiger partial charge in [0.05, 0.1) is 0 Å². The van der Waals surface area contributed by atoms with Crippen molar-refractivity contribution in [3.63, 3.8) is 0 Å². The van der Waals surface area contributed by atoms with Crippen LogP contribution in [-0.4, -0.2) is 11.7 Å². The summed E-state index contributed by atoms with van der Waals surface area (Å²) in [5, 5.41) is 8.89. The highest BCUT2D eigenvalue weighted by Gasteiger charge is 1.89. The van der Waals surface area contributed by atoms with Gasteiger partial charge in [-0.2, -0.15) is 12.6 Å². The lowest BCUT2D eigenvalue weighted by Crippen LogP contribution is -2.16. The van der Waals surface area contributed by atoms with E-state index in [2.05, 4.69) is 19.6 Å². The molecule has 2 nitrogen and oxygen atoms in total. The zero-order chi connectivity index (χ0) is 11.9. The Morgan fingerprint density at radius 2 is 1.33 bits per heavy atom. The van der Waals surface area contributed by atoms with E-state index in [1.165, 1.54) is 51.4 Å². The molecule has 0 atom stereocenters. The Bertz CT molecular complexity index is 115. The van der Waals surface area contributed by atoms with Crippen LogP contribution in [0.4, 0.5) is 0 Å². The average molecular weight is 233 g/mol. The number of carbonyl (C=O) groups is 1. The van der Waals surface area contributed by atoms with Crippen molar-refractivity contribution in [1.29, 1.82) is 0 Å². The van der Waals surface area contributed by atoms with E-state index in [0.717, 1.165) is 12.7 Å². The molecule has 0 N–H and O–H groups in total. The topological polar surface area (TPSA) is 40.1 Å². The molecule has 0 saturated carbocycles. The van der Waals surface area contributed by atoms with Crippen molar-refractivity contribution in [3.8, 4) is 0 Å². The molecule has 0 aromatic carbocycles. The summed E-state index contributed by atoms with van der Waals surface area (Å²) in [4.78, 5) is 8.89. The predicted octanol–water partition coefficient (Wildman–Crippen LogP) is 2.81. The molecule has 0 spiro atoms. The minimum Gasteiger partial charge on any atom is -0.550 e. The van der Waals surface area contributed by atoms with Gasteiger partial charge in [0.15, 0.2) is 0 Å². The number of carboxylic acid groups (broad SMARTS) is 1. The molecule has 0 heterocycles. The fourth-order valence-corrected chi connectivity index (χ4v) is 1.47. The summed E-state index contributed by atoms with van der Waals surface area (Å²) in [5.74, 6) is -0.0189. The molecular formula is C12H25O2S-. The van der Waals surface area contributed by atoms with Gasteiger partial charge in [0, 0.05) is 5.97 Å². The first-order chi connectivity index (χ1) is 7.15. The molecule has 0 aromatic heterocycles. The summed E-state index contributed by atoms with van der Waals surface area (Å²) in [6.07, 6.45) is 11.2. The highest BCUT2D eigenvalue weighted by atomic mass is 32.1. The number of rotatable bonds is 8. The summed E-state index contributed by atoms with van der Waals surface area (Å²) in [6, 6.07) is 0. The van der Waals surface area contributed by atoms with Gasteiger partial charge in [-0.1, -0.05) is 51.9 Å². The van der Waals surface area contributed by atoms with Crippen molar-refractivity contribution in [2.24, 2.45) is 0 Å². The van der Waals surface area contributed by atoms with E-state index in [4.69, 9.17) is 9.90 Å². The first-order valence-corrected chi connectivity index (χ1v) is 6.56. The number of hydrogen-bond acceptors (Lipinski definition) is 3. The molecule has 0 radical (unpaired) electrons. The fourth-order valence-electron chi connectivity index (χ4n) is 1.25. The Balaban J connectivity index is 0. The molecule has 0 unspecified atom stereocenters. The van der Waals surface area contributed by atoms with Gasteiger partial charge in [0.25, 0.3) is 0 Å². The normalized spacial score (nSPS) is 9.27. The Hall–Kier alpha value is -0.180. The van der Waals surface area contributed by atoms with Crippen LogP contribution < -0.4 is 5.11 Å². The first-order valence-electron chi connectivity index (χ1n) is 5.93. The number of carboxylic acids is 1. The first kappa shape index (κ1) is 17.2. The third-order valence-corrected chi connectivity index (χ3v) is 2.33. The smallest absolute Gasteiger partial charge is 0.0383 e. The van der Waals surface area contributed by atoms with Crippen molar-refractivity contribution in [2.45, 2.75) is 65.2 Å². The van der Waals surface area contributed by atoms with Gasteiger partial charge in [0.1, 0.15) is 0 Å². The number of thiol groups is 1. The Morgan fingerprint density at radius 3 is 1.67 bits per heavy atom. The van der Waals surface area contributed by atoms with E-state index in [1.54, 1.807) is 0 Å². The van der Waals surface area contributed by atoms with Gasteiger partial charge in [-0.3, -0.25) is 0 Å². The lowest BCUT2D eigenvalue weighted by molar-refractivity contribution is -0.302. The van der Waals surface area contributed by atoms with Crippen molar-refractivity contribution in [3.05, 3.63) is 0 Å². The summed E-state index contributed by atoms with van der Waals surface area (Å²) in [6.45, 7) is 3.24. The second-order valence-electron chi connectivity index (χ2n) is 3.69. The molecule has 0 amide bonds. The number of hydrogen-bond donors (Lipinski definition) is 1. The zero-order valence-corrected chi connectivity index (χ0v) is 11.0. The van der Waals surface area contributed by atoms with Crippen molar-refractivity contribution >= 4 is 18.6 Å². The molecular weight excluding hydrogens is 208 g/mol. The molecule has 0 bridgehead atoms. The largest absolute Gasteiger partial charge is 0.550 e. The van der Waals surface area contributed by atoms with Crippen LogP contribution in [0.3, 0.4) is 0 Å². The van der Waals surface area contributed by atoms with E-state index in [1.807, 2.05) is 0 Å². The van der Waals surface area contributed by atoms with Crippen molar-refractivity contribution in [2.75, 3.05) is 5.75 Å². The van der Waals surface area contributed by atoms with Crippen LogP contribution in [-0.2, 0) is 4.79 Å². The Kier molecular flexibility index (Phi) is 18.7. The molecule has 15 heavy (non-hydrogen) atoms. The minimum absolute atomic E-state index is 0.972. The van der Waals surface area contributed by atoms with Gasteiger partial charge < -0.3 is 9.90 Å². The van der Waals surface area contributed by atoms with Crippen molar-refractivity contribution < 1.29 is 9.90 Å². The van der Waals surface area contributed by atoms with Crippen LogP contribution in [0.5, 0.6) is 0 Å². The molecule has 0 aromatic rings. The van der Waals surface area contributed by atoms with Gasteiger partial charge in [0.2, 0.25) is 0 Å². The Morgan fingerprint density at radius 1 is 1.00 bits per heavy atom. The van der Waals surface area contributed by atoms with Crippen LogP contribution in [0.2, 0.25) is 0 Å². The molecule has 3 heteroatoms. The van der Waals surface area contributed by atoms with E-state index in [0.29, 0.717) is 0 Å². The molecule has 0 saturated heterocycles. The minimum atomic E-state index is -1.08. The van der Waals surface area contributed by atoms with Crippen LogP contribution in [0.15, 0.2) is 0 Å². The van der Waals surface area contributed by atoms with E-state index >= 15 is 0 Å². The van der Waals surface area contributed by atoms with E-state index < -0.39 is 5.97 Å². The van der Waals surface area contributed by atoms with E-state index in [-0.39, 0.29) is 0 Å². The SMILES string of the molecule is CC(=O)[O-].CCCCCCCCCCS. The monoisotopic (exact) mass is 233 g/mol. The number of aliphatic carboxylic acids is 1. The fraction of sp³-hybridized carbons (Fsp3) is 0.917. The highest BCUT2D eigenvalue weighted by molar-refractivity contribution is 7.80. The number of unbranched alkanes of at least 4 members (excludes halogenated alkanes) is 7. The van der Waals surface area contributed by atoms with E-state index in [9.17, 15) is 0 Å². The summed E-state index contributed by atoms with van der Waals surface area (Å²) >= 11 is 4.18. The van der Waals surface area contributed by atoms with Gasteiger partial charge in [-0.15, -0.1) is 0 Å². The lowest BCUT2D eigenvalue weighted by atomic mass is 10.1. The third kappa shape index (κ3) is 31.6.